The highest BCUT2D eigenvalue weighted by Gasteiger charge is 2.15. The Balaban J connectivity index is 2.66. The van der Waals surface area contributed by atoms with Crippen LogP contribution in [0.3, 0.4) is 0 Å². The molecule has 0 aliphatic rings. The van der Waals surface area contributed by atoms with Crippen molar-refractivity contribution in [3.8, 4) is 0 Å². The summed E-state index contributed by atoms with van der Waals surface area (Å²) in [7, 11) is 4.98. The van der Waals surface area contributed by atoms with E-state index in [0.29, 0.717) is 6.54 Å². The van der Waals surface area contributed by atoms with E-state index < -0.39 is 0 Å². The zero-order chi connectivity index (χ0) is 14.4. The van der Waals surface area contributed by atoms with Crippen LogP contribution < -0.4 is 5.73 Å². The minimum absolute atomic E-state index is 0.0869. The molecule has 104 valence electrons. The van der Waals surface area contributed by atoms with Gasteiger partial charge in [0.05, 0.1) is 13.0 Å². The molecule has 5 nitrogen and oxygen atoms in total. The van der Waals surface area contributed by atoms with Crippen molar-refractivity contribution >= 4 is 11.8 Å². The molecule has 0 aliphatic heterocycles. The Morgan fingerprint density at radius 1 is 1.05 bits per heavy atom. The lowest BCUT2D eigenvalue weighted by atomic mass is 10.0. The number of likely N-dealkylation sites (N-methyl/N-ethyl adjacent to an activating group) is 2. The third-order valence-corrected chi connectivity index (χ3v) is 2.98. The van der Waals surface area contributed by atoms with Gasteiger partial charge in [-0.1, -0.05) is 24.3 Å². The highest BCUT2D eigenvalue weighted by molar-refractivity contribution is 5.85. The maximum atomic E-state index is 12.1. The predicted molar refractivity (Wildman–Crippen MR) is 74.4 cm³/mol. The van der Waals surface area contributed by atoms with Crippen LogP contribution in [0.2, 0.25) is 0 Å². The molecule has 0 heterocycles. The van der Waals surface area contributed by atoms with Gasteiger partial charge in [-0.2, -0.15) is 0 Å². The van der Waals surface area contributed by atoms with Gasteiger partial charge in [0, 0.05) is 27.7 Å². The Kier molecular flexibility index (Phi) is 5.51. The Morgan fingerprint density at radius 3 is 2.16 bits per heavy atom. The van der Waals surface area contributed by atoms with E-state index in [-0.39, 0.29) is 24.8 Å². The molecular formula is C14H21N3O2. The fourth-order valence-corrected chi connectivity index (χ4v) is 1.66. The van der Waals surface area contributed by atoms with Crippen molar-refractivity contribution in [2.45, 2.75) is 13.0 Å². The summed E-state index contributed by atoms with van der Waals surface area (Å²) in [6, 6.07) is 7.58. The van der Waals surface area contributed by atoms with E-state index in [1.807, 2.05) is 24.3 Å². The molecule has 19 heavy (non-hydrogen) atoms. The summed E-state index contributed by atoms with van der Waals surface area (Å²) in [5.74, 6) is -0.181. The van der Waals surface area contributed by atoms with E-state index in [2.05, 4.69) is 0 Å². The third-order valence-electron chi connectivity index (χ3n) is 2.98. The van der Waals surface area contributed by atoms with Crippen molar-refractivity contribution in [3.05, 3.63) is 35.4 Å². The van der Waals surface area contributed by atoms with E-state index in [1.54, 1.807) is 21.1 Å². The topological polar surface area (TPSA) is 66.6 Å². The maximum absolute atomic E-state index is 12.1. The summed E-state index contributed by atoms with van der Waals surface area (Å²) in [4.78, 5) is 26.5. The number of benzene rings is 1. The van der Waals surface area contributed by atoms with Crippen LogP contribution in [0.1, 0.15) is 11.1 Å². The lowest BCUT2D eigenvalue weighted by molar-refractivity contribution is -0.137. The van der Waals surface area contributed by atoms with Crippen LogP contribution in [0.5, 0.6) is 0 Å². The van der Waals surface area contributed by atoms with E-state index in [1.165, 1.54) is 9.80 Å². The molecule has 0 unspecified atom stereocenters. The number of amides is 2. The second-order valence-electron chi connectivity index (χ2n) is 4.69. The number of nitrogens with zero attached hydrogens (tertiary/aromatic N) is 2. The number of carbonyl (C=O) groups is 2. The van der Waals surface area contributed by atoms with Crippen molar-refractivity contribution in [1.82, 2.24) is 9.80 Å². The Labute approximate surface area is 114 Å². The van der Waals surface area contributed by atoms with E-state index in [9.17, 15) is 9.59 Å². The molecule has 0 aromatic heterocycles. The van der Waals surface area contributed by atoms with Crippen LogP contribution in [0.4, 0.5) is 0 Å². The number of nitrogens with two attached hydrogens (primary N) is 1. The molecule has 0 aliphatic carbocycles. The zero-order valence-electron chi connectivity index (χ0n) is 11.7. The van der Waals surface area contributed by atoms with Crippen molar-refractivity contribution < 1.29 is 9.59 Å². The molecule has 0 bridgehead atoms. The van der Waals surface area contributed by atoms with Gasteiger partial charge in [-0.05, 0) is 11.1 Å². The number of rotatable bonds is 5. The van der Waals surface area contributed by atoms with Crippen molar-refractivity contribution in [3.63, 3.8) is 0 Å². The monoisotopic (exact) mass is 263 g/mol. The smallest absolute Gasteiger partial charge is 0.241 e. The number of hydrogen-bond acceptors (Lipinski definition) is 3. The van der Waals surface area contributed by atoms with Crippen molar-refractivity contribution in [2.24, 2.45) is 5.73 Å². The largest absolute Gasteiger partial charge is 0.347 e. The minimum Gasteiger partial charge on any atom is -0.347 e. The zero-order valence-corrected chi connectivity index (χ0v) is 11.7. The Bertz CT molecular complexity index is 458. The average molecular weight is 263 g/mol. The molecule has 1 aromatic carbocycles. The first-order valence-corrected chi connectivity index (χ1v) is 6.16. The summed E-state index contributed by atoms with van der Waals surface area (Å²) in [6.07, 6.45) is 0.268. The molecule has 1 rings (SSSR count). The summed E-state index contributed by atoms with van der Waals surface area (Å²) in [5, 5.41) is 0. The normalized spacial score (nSPS) is 10.1. The van der Waals surface area contributed by atoms with E-state index in [4.69, 9.17) is 5.73 Å². The molecule has 0 atom stereocenters. The second-order valence-corrected chi connectivity index (χ2v) is 4.69. The lowest BCUT2D eigenvalue weighted by Crippen LogP contribution is -2.38. The van der Waals surface area contributed by atoms with Crippen LogP contribution in [-0.2, 0) is 22.6 Å². The van der Waals surface area contributed by atoms with Crippen LogP contribution in [0.25, 0.3) is 0 Å². The highest BCUT2D eigenvalue weighted by atomic mass is 16.2. The van der Waals surface area contributed by atoms with Crippen LogP contribution in [-0.4, -0.2) is 49.3 Å². The van der Waals surface area contributed by atoms with Crippen LogP contribution in [0, 0.1) is 0 Å². The lowest BCUT2D eigenvalue weighted by Gasteiger charge is -2.19. The van der Waals surface area contributed by atoms with Gasteiger partial charge in [0.2, 0.25) is 11.8 Å². The summed E-state index contributed by atoms with van der Waals surface area (Å²) < 4.78 is 0. The quantitative estimate of drug-likeness (QED) is 0.827. The van der Waals surface area contributed by atoms with Gasteiger partial charge in [-0.25, -0.2) is 0 Å². The molecule has 0 saturated heterocycles. The molecule has 0 saturated carbocycles. The molecule has 1 aromatic rings. The van der Waals surface area contributed by atoms with E-state index in [0.717, 1.165) is 11.1 Å². The Morgan fingerprint density at radius 2 is 1.63 bits per heavy atom. The molecular weight excluding hydrogens is 242 g/mol. The predicted octanol–water partition coefficient (Wildman–Crippen LogP) is 0.234. The van der Waals surface area contributed by atoms with Gasteiger partial charge >= 0.3 is 0 Å². The van der Waals surface area contributed by atoms with Gasteiger partial charge in [0.15, 0.2) is 0 Å². The molecule has 0 spiro atoms. The van der Waals surface area contributed by atoms with Crippen LogP contribution >= 0.6 is 0 Å². The maximum Gasteiger partial charge on any atom is 0.241 e. The molecule has 0 radical (unpaired) electrons. The first-order chi connectivity index (χ1) is 8.95. The second kappa shape index (κ2) is 6.89. The third kappa shape index (κ3) is 4.37. The van der Waals surface area contributed by atoms with Gasteiger partial charge in [0.1, 0.15) is 0 Å². The van der Waals surface area contributed by atoms with Gasteiger partial charge < -0.3 is 15.5 Å². The summed E-state index contributed by atoms with van der Waals surface area (Å²) >= 11 is 0. The van der Waals surface area contributed by atoms with Gasteiger partial charge in [0.25, 0.3) is 0 Å². The van der Waals surface area contributed by atoms with Crippen LogP contribution in [0.15, 0.2) is 24.3 Å². The molecule has 5 heteroatoms. The van der Waals surface area contributed by atoms with Gasteiger partial charge in [-0.15, -0.1) is 0 Å². The Hall–Kier alpha value is -1.88. The number of carbonyl (C=O) groups excluding carboxylic acids is 2. The minimum atomic E-state index is -0.0945. The standard InChI is InChI=1S/C14H21N3O2/c1-16(2)14(19)10-17(3)13(18)8-11-6-4-5-7-12(11)9-15/h4-7H,8-10,15H2,1-3H3. The molecule has 2 N–H and O–H groups in total. The fourth-order valence-electron chi connectivity index (χ4n) is 1.66. The number of hydrogen-bond donors (Lipinski definition) is 1. The SMILES string of the molecule is CN(C)C(=O)CN(C)C(=O)Cc1ccccc1CN. The highest BCUT2D eigenvalue weighted by Crippen LogP contribution is 2.09. The summed E-state index contributed by atoms with van der Waals surface area (Å²) in [6.45, 7) is 0.500. The van der Waals surface area contributed by atoms with E-state index >= 15 is 0 Å². The molecule has 0 fully saturated rings. The summed E-state index contributed by atoms with van der Waals surface area (Å²) in [5.41, 5.74) is 7.51. The first kappa shape index (κ1) is 15.2. The average Bonchev–Trinajstić information content (AvgIpc) is 2.38. The van der Waals surface area contributed by atoms with Crippen molar-refractivity contribution in [2.75, 3.05) is 27.7 Å². The fraction of sp³-hybridized carbons (Fsp3) is 0.429. The first-order valence-electron chi connectivity index (χ1n) is 6.16. The van der Waals surface area contributed by atoms with Gasteiger partial charge in [-0.3, -0.25) is 9.59 Å². The van der Waals surface area contributed by atoms with Crippen molar-refractivity contribution in [1.29, 1.82) is 0 Å². The molecule has 2 amide bonds.